The lowest BCUT2D eigenvalue weighted by Gasteiger charge is -2.17. The fourth-order valence-corrected chi connectivity index (χ4v) is 2.73. The van der Waals surface area contributed by atoms with Crippen LogP contribution in [0.5, 0.6) is 11.5 Å². The molecule has 2 aromatic carbocycles. The van der Waals surface area contributed by atoms with Gasteiger partial charge in [-0.1, -0.05) is 36.4 Å². The fourth-order valence-electron chi connectivity index (χ4n) is 1.91. The Balaban J connectivity index is 2.31. The van der Waals surface area contributed by atoms with Crippen molar-refractivity contribution in [1.82, 2.24) is 0 Å². The molecule has 0 spiro atoms. The van der Waals surface area contributed by atoms with Crippen LogP contribution in [0.2, 0.25) is 0 Å². The first-order chi connectivity index (χ1) is 9.07. The molecule has 0 saturated heterocycles. The molecule has 0 aromatic heterocycles. The summed E-state index contributed by atoms with van der Waals surface area (Å²) in [5.74, 6) is 0.00357. The van der Waals surface area contributed by atoms with E-state index in [0.717, 1.165) is 0 Å². The Morgan fingerprint density at radius 3 is 2.47 bits per heavy atom. The Kier molecular flexibility index (Phi) is 2.53. The van der Waals surface area contributed by atoms with Crippen LogP contribution in [0, 0.1) is 0 Å². The van der Waals surface area contributed by atoms with Gasteiger partial charge in [-0.3, -0.25) is 0 Å². The largest absolute Gasteiger partial charge is 0.507 e. The number of benzene rings is 2. The van der Waals surface area contributed by atoms with E-state index in [4.69, 9.17) is 4.18 Å². The Bertz CT molecular complexity index is 766. The average molecular weight is 275 g/mol. The van der Waals surface area contributed by atoms with Crippen LogP contribution in [-0.2, 0) is 10.3 Å². The lowest BCUT2D eigenvalue weighted by molar-refractivity contribution is 0.460. The van der Waals surface area contributed by atoms with Gasteiger partial charge in [-0.15, -0.1) is 4.40 Å². The van der Waals surface area contributed by atoms with E-state index < -0.39 is 10.3 Å². The molecule has 1 heterocycles. The highest BCUT2D eigenvalue weighted by Crippen LogP contribution is 2.34. The zero-order chi connectivity index (χ0) is 13.5. The Labute approximate surface area is 110 Å². The number of fused-ring (bicyclic) bond motifs is 1. The maximum Gasteiger partial charge on any atom is 0.429 e. The Hall–Kier alpha value is -2.34. The van der Waals surface area contributed by atoms with Gasteiger partial charge >= 0.3 is 10.3 Å². The van der Waals surface area contributed by atoms with Gasteiger partial charge in [0.15, 0.2) is 5.75 Å². The first kappa shape index (κ1) is 11.7. The molecule has 0 atom stereocenters. The molecular formula is C13H9NO4S. The molecule has 5 nitrogen and oxygen atoms in total. The van der Waals surface area contributed by atoms with Crippen molar-refractivity contribution in [3.63, 3.8) is 0 Å². The summed E-state index contributed by atoms with van der Waals surface area (Å²) in [6, 6.07) is 13.2. The topological polar surface area (TPSA) is 76.0 Å². The summed E-state index contributed by atoms with van der Waals surface area (Å²) in [7, 11) is -4.03. The smallest absolute Gasteiger partial charge is 0.429 e. The van der Waals surface area contributed by atoms with Gasteiger partial charge in [-0.25, -0.2) is 0 Å². The van der Waals surface area contributed by atoms with Gasteiger partial charge in [0.2, 0.25) is 0 Å². The van der Waals surface area contributed by atoms with Gasteiger partial charge in [-0.2, -0.15) is 8.42 Å². The van der Waals surface area contributed by atoms with Crippen LogP contribution in [0.25, 0.3) is 0 Å². The maximum absolute atomic E-state index is 11.6. The second-order valence-corrected chi connectivity index (χ2v) is 5.17. The van der Waals surface area contributed by atoms with Gasteiger partial charge in [0.05, 0.1) is 5.56 Å². The molecule has 0 radical (unpaired) electrons. The number of phenols is 1. The van der Waals surface area contributed by atoms with Crippen LogP contribution in [-0.4, -0.2) is 19.2 Å². The number of phenolic OH excluding ortho intramolecular Hbond substituents is 1. The molecule has 0 saturated carbocycles. The molecule has 0 aliphatic carbocycles. The molecule has 6 heteroatoms. The van der Waals surface area contributed by atoms with Crippen LogP contribution >= 0.6 is 0 Å². The van der Waals surface area contributed by atoms with E-state index in [-0.39, 0.29) is 22.8 Å². The SMILES string of the molecule is O=S1(=O)N=C(c2ccccc2)c2c(O)cccc2O1. The molecule has 19 heavy (non-hydrogen) atoms. The van der Waals surface area contributed by atoms with Crippen molar-refractivity contribution < 1.29 is 17.7 Å². The molecule has 2 aromatic rings. The number of aromatic hydroxyl groups is 1. The van der Waals surface area contributed by atoms with Crippen LogP contribution < -0.4 is 4.18 Å². The second kappa shape index (κ2) is 4.10. The highest BCUT2D eigenvalue weighted by atomic mass is 32.2. The third-order valence-electron chi connectivity index (χ3n) is 2.69. The zero-order valence-corrected chi connectivity index (χ0v) is 10.5. The third kappa shape index (κ3) is 2.06. The van der Waals surface area contributed by atoms with Crippen molar-refractivity contribution in [2.24, 2.45) is 4.40 Å². The van der Waals surface area contributed by atoms with Crippen molar-refractivity contribution in [1.29, 1.82) is 0 Å². The summed E-state index contributed by atoms with van der Waals surface area (Å²) in [4.78, 5) is 0. The van der Waals surface area contributed by atoms with Gasteiger partial charge in [0.25, 0.3) is 0 Å². The standard InChI is InChI=1S/C13H9NO4S/c15-10-7-4-8-11-12(10)13(14-19(16,17)18-11)9-5-2-1-3-6-9/h1-8,15H. The summed E-state index contributed by atoms with van der Waals surface area (Å²) in [6.07, 6.45) is 0. The van der Waals surface area contributed by atoms with Gasteiger partial charge < -0.3 is 9.29 Å². The quantitative estimate of drug-likeness (QED) is 0.862. The van der Waals surface area contributed by atoms with E-state index in [2.05, 4.69) is 4.40 Å². The molecular weight excluding hydrogens is 266 g/mol. The lowest BCUT2D eigenvalue weighted by Crippen LogP contribution is -2.19. The lowest BCUT2D eigenvalue weighted by atomic mass is 10.0. The Morgan fingerprint density at radius 2 is 1.74 bits per heavy atom. The summed E-state index contributed by atoms with van der Waals surface area (Å²) >= 11 is 0. The predicted octanol–water partition coefficient (Wildman–Crippen LogP) is 1.87. The highest BCUT2D eigenvalue weighted by molar-refractivity contribution is 7.86. The minimum atomic E-state index is -4.03. The van der Waals surface area contributed by atoms with Crippen molar-refractivity contribution in [2.45, 2.75) is 0 Å². The number of rotatable bonds is 1. The zero-order valence-electron chi connectivity index (χ0n) is 9.65. The summed E-state index contributed by atoms with van der Waals surface area (Å²) in [5, 5.41) is 9.90. The Morgan fingerprint density at radius 1 is 1.00 bits per heavy atom. The molecule has 0 unspecified atom stereocenters. The molecule has 1 N–H and O–H groups in total. The summed E-state index contributed by atoms with van der Waals surface area (Å²) in [5.41, 5.74) is 1.06. The van der Waals surface area contributed by atoms with E-state index in [1.54, 1.807) is 24.3 Å². The minimum absolute atomic E-state index is 0.0741. The normalized spacial score (nSPS) is 16.1. The first-order valence-electron chi connectivity index (χ1n) is 5.49. The van der Waals surface area contributed by atoms with E-state index in [9.17, 15) is 13.5 Å². The van der Waals surface area contributed by atoms with Crippen molar-refractivity contribution in [3.8, 4) is 11.5 Å². The molecule has 96 valence electrons. The first-order valence-corrected chi connectivity index (χ1v) is 6.85. The van der Waals surface area contributed by atoms with Crippen LogP contribution in [0.1, 0.15) is 11.1 Å². The molecule has 0 bridgehead atoms. The van der Waals surface area contributed by atoms with Gasteiger partial charge in [-0.05, 0) is 12.1 Å². The molecule has 1 aliphatic heterocycles. The second-order valence-electron chi connectivity index (χ2n) is 3.97. The molecule has 1 aliphatic rings. The minimum Gasteiger partial charge on any atom is -0.507 e. The number of hydrogen-bond acceptors (Lipinski definition) is 4. The monoisotopic (exact) mass is 275 g/mol. The van der Waals surface area contributed by atoms with E-state index in [1.165, 1.54) is 18.2 Å². The van der Waals surface area contributed by atoms with E-state index >= 15 is 0 Å². The summed E-state index contributed by atoms with van der Waals surface area (Å²) in [6.45, 7) is 0. The molecule has 0 amide bonds. The average Bonchev–Trinajstić information content (AvgIpc) is 2.38. The number of nitrogens with zero attached hydrogens (tertiary/aromatic N) is 1. The van der Waals surface area contributed by atoms with Crippen molar-refractivity contribution in [3.05, 3.63) is 59.7 Å². The van der Waals surface area contributed by atoms with Gasteiger partial charge in [0, 0.05) is 5.56 Å². The van der Waals surface area contributed by atoms with Crippen LogP contribution in [0.15, 0.2) is 52.9 Å². The fraction of sp³-hybridized carbons (Fsp3) is 0. The number of hydrogen-bond donors (Lipinski definition) is 1. The summed E-state index contributed by atoms with van der Waals surface area (Å²) < 4.78 is 31.6. The predicted molar refractivity (Wildman–Crippen MR) is 69.7 cm³/mol. The molecule has 3 rings (SSSR count). The third-order valence-corrected chi connectivity index (χ3v) is 3.48. The van der Waals surface area contributed by atoms with Crippen molar-refractivity contribution in [2.75, 3.05) is 0 Å². The van der Waals surface area contributed by atoms with E-state index in [0.29, 0.717) is 5.56 Å². The van der Waals surface area contributed by atoms with Gasteiger partial charge in [0.1, 0.15) is 11.5 Å². The van der Waals surface area contributed by atoms with Crippen molar-refractivity contribution >= 4 is 16.0 Å². The van der Waals surface area contributed by atoms with Crippen LogP contribution in [0.3, 0.4) is 0 Å². The van der Waals surface area contributed by atoms with E-state index in [1.807, 2.05) is 6.07 Å². The highest BCUT2D eigenvalue weighted by Gasteiger charge is 2.28. The maximum atomic E-state index is 11.6. The molecule has 0 fully saturated rings. The van der Waals surface area contributed by atoms with Crippen LogP contribution in [0.4, 0.5) is 0 Å².